The number of guanidine groups is 1. The SMILES string of the molecule is CN=C(NCC1CCCOC1C(C)(C)C)N1CCN(CC(=O)NCCOC)CC1. The van der Waals surface area contributed by atoms with Gasteiger partial charge in [0, 0.05) is 66.0 Å². The Balaban J connectivity index is 1.76. The van der Waals surface area contributed by atoms with Crippen LogP contribution in [-0.4, -0.2) is 101 Å². The lowest BCUT2D eigenvalue weighted by atomic mass is 9.78. The quantitative estimate of drug-likeness (QED) is 0.366. The summed E-state index contributed by atoms with van der Waals surface area (Å²) in [7, 11) is 3.48. The highest BCUT2D eigenvalue weighted by molar-refractivity contribution is 5.80. The van der Waals surface area contributed by atoms with Gasteiger partial charge in [0.1, 0.15) is 0 Å². The third kappa shape index (κ3) is 7.75. The van der Waals surface area contributed by atoms with E-state index in [0.29, 0.717) is 25.6 Å². The molecular weight excluding hydrogens is 370 g/mol. The van der Waals surface area contributed by atoms with Crippen LogP contribution in [0.3, 0.4) is 0 Å². The number of amides is 1. The first-order valence-electron chi connectivity index (χ1n) is 10.9. The highest BCUT2D eigenvalue weighted by Gasteiger charge is 2.35. The van der Waals surface area contributed by atoms with Crippen LogP contribution < -0.4 is 10.6 Å². The molecule has 2 aliphatic heterocycles. The van der Waals surface area contributed by atoms with E-state index in [2.05, 4.69) is 46.2 Å². The number of nitrogens with one attached hydrogen (secondary N) is 2. The van der Waals surface area contributed by atoms with Crippen molar-refractivity contribution in [3.05, 3.63) is 0 Å². The first kappa shape index (κ1) is 23.9. The Hall–Kier alpha value is -1.38. The molecule has 29 heavy (non-hydrogen) atoms. The molecule has 0 bridgehead atoms. The van der Waals surface area contributed by atoms with Gasteiger partial charge in [-0.15, -0.1) is 0 Å². The van der Waals surface area contributed by atoms with Crippen molar-refractivity contribution >= 4 is 11.9 Å². The number of carbonyl (C=O) groups excluding carboxylic acids is 1. The monoisotopic (exact) mass is 411 g/mol. The fourth-order valence-corrected chi connectivity index (χ4v) is 4.23. The average molecular weight is 412 g/mol. The normalized spacial score (nSPS) is 24.4. The smallest absolute Gasteiger partial charge is 0.234 e. The van der Waals surface area contributed by atoms with E-state index < -0.39 is 0 Å². The van der Waals surface area contributed by atoms with Gasteiger partial charge in [-0.05, 0) is 18.3 Å². The summed E-state index contributed by atoms with van der Waals surface area (Å²) in [5.74, 6) is 1.51. The minimum absolute atomic E-state index is 0.0588. The van der Waals surface area contributed by atoms with E-state index >= 15 is 0 Å². The molecule has 8 nitrogen and oxygen atoms in total. The maximum absolute atomic E-state index is 12.0. The summed E-state index contributed by atoms with van der Waals surface area (Å²) in [6, 6.07) is 0. The van der Waals surface area contributed by atoms with E-state index in [0.717, 1.165) is 51.7 Å². The second kappa shape index (κ2) is 11.7. The van der Waals surface area contributed by atoms with Gasteiger partial charge in [-0.2, -0.15) is 0 Å². The number of hydrogen-bond acceptors (Lipinski definition) is 5. The molecule has 2 unspecified atom stereocenters. The molecule has 0 aromatic carbocycles. The van der Waals surface area contributed by atoms with Crippen molar-refractivity contribution in [2.45, 2.75) is 39.7 Å². The number of rotatable bonds is 7. The Morgan fingerprint density at radius 2 is 1.93 bits per heavy atom. The van der Waals surface area contributed by atoms with Crippen LogP contribution in [0.25, 0.3) is 0 Å². The van der Waals surface area contributed by atoms with E-state index in [9.17, 15) is 4.79 Å². The van der Waals surface area contributed by atoms with Crippen molar-refractivity contribution in [3.63, 3.8) is 0 Å². The van der Waals surface area contributed by atoms with Crippen LogP contribution >= 0.6 is 0 Å². The molecule has 0 spiro atoms. The number of carbonyl (C=O) groups is 1. The molecule has 0 aromatic rings. The number of ether oxygens (including phenoxy) is 2. The molecule has 0 aliphatic carbocycles. The van der Waals surface area contributed by atoms with Gasteiger partial charge in [-0.3, -0.25) is 14.7 Å². The molecule has 8 heteroatoms. The zero-order valence-electron chi connectivity index (χ0n) is 19.0. The molecule has 2 fully saturated rings. The summed E-state index contributed by atoms with van der Waals surface area (Å²) >= 11 is 0. The Morgan fingerprint density at radius 1 is 1.21 bits per heavy atom. The van der Waals surface area contributed by atoms with Crippen molar-refractivity contribution in [2.75, 3.05) is 73.2 Å². The molecule has 1 amide bonds. The lowest BCUT2D eigenvalue weighted by Gasteiger charge is -2.41. The first-order valence-corrected chi connectivity index (χ1v) is 10.9. The third-order valence-corrected chi connectivity index (χ3v) is 5.70. The van der Waals surface area contributed by atoms with Crippen molar-refractivity contribution in [3.8, 4) is 0 Å². The summed E-state index contributed by atoms with van der Waals surface area (Å²) in [6.07, 6.45) is 2.59. The maximum atomic E-state index is 12.0. The lowest BCUT2D eigenvalue weighted by Crippen LogP contribution is -2.55. The number of aliphatic imine (C=N–C) groups is 1. The summed E-state index contributed by atoms with van der Waals surface area (Å²) in [6.45, 7) is 13.5. The Labute approximate surface area is 176 Å². The number of hydrogen-bond donors (Lipinski definition) is 2. The van der Waals surface area contributed by atoms with E-state index in [1.54, 1.807) is 7.11 Å². The second-order valence-corrected chi connectivity index (χ2v) is 9.09. The fourth-order valence-electron chi connectivity index (χ4n) is 4.23. The lowest BCUT2D eigenvalue weighted by molar-refractivity contribution is -0.122. The topological polar surface area (TPSA) is 78.4 Å². The zero-order valence-corrected chi connectivity index (χ0v) is 19.0. The number of methoxy groups -OCH3 is 1. The third-order valence-electron chi connectivity index (χ3n) is 5.70. The summed E-state index contributed by atoms with van der Waals surface area (Å²) in [5, 5.41) is 6.47. The van der Waals surface area contributed by atoms with Crippen LogP contribution in [0.5, 0.6) is 0 Å². The highest BCUT2D eigenvalue weighted by Crippen LogP contribution is 2.33. The molecular formula is C21H41N5O3. The van der Waals surface area contributed by atoms with Crippen LogP contribution in [0.2, 0.25) is 0 Å². The molecule has 2 N–H and O–H groups in total. The summed E-state index contributed by atoms with van der Waals surface area (Å²) < 4.78 is 11.1. The van der Waals surface area contributed by atoms with Crippen molar-refractivity contribution in [1.29, 1.82) is 0 Å². The molecule has 2 heterocycles. The Morgan fingerprint density at radius 3 is 2.55 bits per heavy atom. The van der Waals surface area contributed by atoms with Crippen LogP contribution in [0.1, 0.15) is 33.6 Å². The van der Waals surface area contributed by atoms with Crippen LogP contribution in [0, 0.1) is 11.3 Å². The van der Waals surface area contributed by atoms with E-state index in [4.69, 9.17) is 9.47 Å². The van der Waals surface area contributed by atoms with Crippen molar-refractivity contribution in [2.24, 2.45) is 16.3 Å². The van der Waals surface area contributed by atoms with Crippen LogP contribution in [0.15, 0.2) is 4.99 Å². The minimum atomic E-state index is 0.0588. The molecule has 168 valence electrons. The molecule has 0 aromatic heterocycles. The standard InChI is InChI=1S/C21H41N5O3/c1-21(2,3)19-17(7-6-13-29-19)15-24-20(22-4)26-11-9-25(10-12-26)16-18(27)23-8-14-28-5/h17,19H,6-16H2,1-5H3,(H,22,24)(H,23,27). The molecule has 0 radical (unpaired) electrons. The molecule has 2 aliphatic rings. The first-order chi connectivity index (χ1) is 13.8. The average Bonchev–Trinajstić information content (AvgIpc) is 2.69. The summed E-state index contributed by atoms with van der Waals surface area (Å²) in [4.78, 5) is 21.0. The highest BCUT2D eigenvalue weighted by atomic mass is 16.5. The van der Waals surface area contributed by atoms with Crippen LogP contribution in [-0.2, 0) is 14.3 Å². The molecule has 0 saturated carbocycles. The molecule has 2 atom stereocenters. The van der Waals surface area contributed by atoms with Gasteiger partial charge in [0.05, 0.1) is 19.3 Å². The van der Waals surface area contributed by atoms with Gasteiger partial charge in [-0.1, -0.05) is 20.8 Å². The van der Waals surface area contributed by atoms with E-state index in [-0.39, 0.29) is 17.4 Å². The van der Waals surface area contributed by atoms with Gasteiger partial charge in [0.15, 0.2) is 5.96 Å². The Bertz CT molecular complexity index is 527. The predicted molar refractivity (Wildman–Crippen MR) is 116 cm³/mol. The second-order valence-electron chi connectivity index (χ2n) is 9.09. The van der Waals surface area contributed by atoms with Gasteiger partial charge < -0.3 is 25.0 Å². The minimum Gasteiger partial charge on any atom is -0.383 e. The fraction of sp³-hybridized carbons (Fsp3) is 0.905. The van der Waals surface area contributed by atoms with Gasteiger partial charge in [0.25, 0.3) is 0 Å². The molecule has 2 saturated heterocycles. The largest absolute Gasteiger partial charge is 0.383 e. The molecule has 2 rings (SSSR count). The number of piperazine rings is 1. The van der Waals surface area contributed by atoms with Crippen LogP contribution in [0.4, 0.5) is 0 Å². The zero-order chi connectivity index (χ0) is 21.3. The van der Waals surface area contributed by atoms with Crippen molar-refractivity contribution in [1.82, 2.24) is 20.4 Å². The predicted octanol–water partition coefficient (Wildman–Crippen LogP) is 0.783. The summed E-state index contributed by atoms with van der Waals surface area (Å²) in [5.41, 5.74) is 0.145. The van der Waals surface area contributed by atoms with E-state index in [1.165, 1.54) is 6.42 Å². The van der Waals surface area contributed by atoms with Gasteiger partial charge in [-0.25, -0.2) is 0 Å². The number of nitrogens with zero attached hydrogens (tertiary/aromatic N) is 3. The van der Waals surface area contributed by atoms with Gasteiger partial charge in [0.2, 0.25) is 5.91 Å². The van der Waals surface area contributed by atoms with E-state index in [1.807, 2.05) is 7.05 Å². The van der Waals surface area contributed by atoms with Gasteiger partial charge >= 0.3 is 0 Å². The van der Waals surface area contributed by atoms with Crippen molar-refractivity contribution < 1.29 is 14.3 Å². The Kier molecular flexibility index (Phi) is 9.65. The maximum Gasteiger partial charge on any atom is 0.234 e.